The monoisotopic (exact) mass is 408 g/mol. The first-order chi connectivity index (χ1) is 13.5. The van der Waals surface area contributed by atoms with Crippen molar-refractivity contribution >= 4 is 29.2 Å². The van der Waals surface area contributed by atoms with Crippen LogP contribution in [0.1, 0.15) is 10.4 Å². The number of halogens is 2. The first-order valence-electron chi connectivity index (χ1n) is 8.48. The smallest absolute Gasteiger partial charge is 0.340 e. The van der Waals surface area contributed by atoms with Gasteiger partial charge in [-0.3, -0.25) is 0 Å². The fraction of sp³-hybridized carbons (Fsp3) is 0. The Labute approximate surface area is 171 Å². The van der Waals surface area contributed by atoms with Crippen LogP contribution in [0.5, 0.6) is 0 Å². The fourth-order valence-corrected chi connectivity index (χ4v) is 3.66. The van der Waals surface area contributed by atoms with Crippen molar-refractivity contribution in [3.8, 4) is 28.2 Å². The first kappa shape index (κ1) is 18.3. The molecule has 28 heavy (non-hydrogen) atoms. The summed E-state index contributed by atoms with van der Waals surface area (Å²) in [6, 6.07) is 23.6. The number of carbonyl (C=O) groups is 1. The van der Waals surface area contributed by atoms with E-state index >= 15 is 0 Å². The lowest BCUT2D eigenvalue weighted by molar-refractivity contribution is 0.0698. The Kier molecular flexibility index (Phi) is 4.90. The zero-order valence-corrected chi connectivity index (χ0v) is 16.0. The standard InChI is InChI=1S/C22H14Cl2N2O2/c23-16-11-15(12-17(24)13-16)20-19(22(27)28)21(14-7-3-1-4-8-14)26(25-20)18-9-5-2-6-10-18/h1-13H,(H,27,28). The van der Waals surface area contributed by atoms with Gasteiger partial charge in [0.2, 0.25) is 0 Å². The molecular formula is C22H14Cl2N2O2. The predicted molar refractivity (Wildman–Crippen MR) is 111 cm³/mol. The highest BCUT2D eigenvalue weighted by atomic mass is 35.5. The van der Waals surface area contributed by atoms with Gasteiger partial charge in [0.25, 0.3) is 0 Å². The molecule has 6 heteroatoms. The number of aromatic nitrogens is 2. The van der Waals surface area contributed by atoms with E-state index in [-0.39, 0.29) is 5.56 Å². The van der Waals surface area contributed by atoms with Crippen LogP contribution in [-0.4, -0.2) is 20.9 Å². The van der Waals surface area contributed by atoms with E-state index in [2.05, 4.69) is 5.10 Å². The minimum atomic E-state index is -1.08. The van der Waals surface area contributed by atoms with Crippen molar-refractivity contribution in [2.24, 2.45) is 0 Å². The molecule has 0 aliphatic heterocycles. The van der Waals surface area contributed by atoms with Crippen LogP contribution in [0.4, 0.5) is 0 Å². The third-order valence-corrected chi connectivity index (χ3v) is 4.72. The second-order valence-corrected chi connectivity index (χ2v) is 7.02. The fourth-order valence-electron chi connectivity index (χ4n) is 3.13. The molecule has 0 bridgehead atoms. The Morgan fingerprint density at radius 1 is 0.821 bits per heavy atom. The van der Waals surface area contributed by atoms with Crippen LogP contribution in [0.25, 0.3) is 28.2 Å². The maximum Gasteiger partial charge on any atom is 0.340 e. The molecule has 0 radical (unpaired) electrons. The average Bonchev–Trinajstić information content (AvgIpc) is 3.10. The van der Waals surface area contributed by atoms with Crippen molar-refractivity contribution < 1.29 is 9.90 Å². The number of carboxylic acids is 1. The van der Waals surface area contributed by atoms with Gasteiger partial charge in [-0.2, -0.15) is 5.10 Å². The molecule has 4 rings (SSSR count). The van der Waals surface area contributed by atoms with E-state index in [0.717, 1.165) is 11.3 Å². The second kappa shape index (κ2) is 7.50. The van der Waals surface area contributed by atoms with Crippen molar-refractivity contribution in [3.05, 3.63) is 94.5 Å². The molecule has 0 saturated heterocycles. The number of hydrogen-bond acceptors (Lipinski definition) is 2. The molecule has 1 N–H and O–H groups in total. The minimum absolute atomic E-state index is 0.0911. The molecule has 1 heterocycles. The van der Waals surface area contributed by atoms with Crippen molar-refractivity contribution in [3.63, 3.8) is 0 Å². The molecule has 0 aliphatic rings. The summed E-state index contributed by atoms with van der Waals surface area (Å²) in [5, 5.41) is 15.5. The zero-order valence-electron chi connectivity index (χ0n) is 14.5. The van der Waals surface area contributed by atoms with Crippen molar-refractivity contribution in [1.82, 2.24) is 9.78 Å². The number of carboxylic acid groups (broad SMARTS) is 1. The van der Waals surface area contributed by atoms with Crippen LogP contribution in [0.15, 0.2) is 78.9 Å². The molecule has 0 saturated carbocycles. The molecule has 3 aromatic carbocycles. The van der Waals surface area contributed by atoms with Crippen molar-refractivity contribution in [2.45, 2.75) is 0 Å². The third-order valence-electron chi connectivity index (χ3n) is 4.28. The summed E-state index contributed by atoms with van der Waals surface area (Å²) in [5.41, 5.74) is 2.93. The van der Waals surface area contributed by atoms with E-state index in [4.69, 9.17) is 23.2 Å². The molecule has 0 amide bonds. The van der Waals surface area contributed by atoms with Gasteiger partial charge < -0.3 is 5.11 Å². The van der Waals surface area contributed by atoms with Crippen LogP contribution in [-0.2, 0) is 0 Å². The largest absolute Gasteiger partial charge is 0.478 e. The van der Waals surface area contributed by atoms with E-state index in [1.54, 1.807) is 22.9 Å². The molecule has 1 aromatic heterocycles. The summed E-state index contributed by atoms with van der Waals surface area (Å²) >= 11 is 12.3. The normalized spacial score (nSPS) is 10.8. The Hall–Kier alpha value is -3.08. The van der Waals surface area contributed by atoms with Crippen molar-refractivity contribution in [1.29, 1.82) is 0 Å². The van der Waals surface area contributed by atoms with Crippen LogP contribution in [0.2, 0.25) is 10.0 Å². The maximum atomic E-state index is 12.3. The maximum absolute atomic E-state index is 12.3. The van der Waals surface area contributed by atoms with Crippen LogP contribution < -0.4 is 0 Å². The molecule has 0 fully saturated rings. The van der Waals surface area contributed by atoms with Crippen LogP contribution >= 0.6 is 23.2 Å². The molecule has 138 valence electrons. The molecule has 0 atom stereocenters. The van der Waals surface area contributed by atoms with Gasteiger partial charge in [0.05, 0.1) is 11.4 Å². The van der Waals surface area contributed by atoms with Crippen LogP contribution in [0.3, 0.4) is 0 Å². The van der Waals surface area contributed by atoms with Gasteiger partial charge in [0.1, 0.15) is 11.3 Å². The van der Waals surface area contributed by atoms with Gasteiger partial charge in [-0.05, 0) is 30.3 Å². The molecule has 0 spiro atoms. The minimum Gasteiger partial charge on any atom is -0.478 e. The summed E-state index contributed by atoms with van der Waals surface area (Å²) in [6.07, 6.45) is 0. The molecule has 4 aromatic rings. The Morgan fingerprint density at radius 2 is 1.39 bits per heavy atom. The molecule has 0 unspecified atom stereocenters. The number of aromatic carboxylic acids is 1. The van der Waals surface area contributed by atoms with Gasteiger partial charge in [-0.25, -0.2) is 9.48 Å². The number of para-hydroxylation sites is 1. The van der Waals surface area contributed by atoms with E-state index in [0.29, 0.717) is 27.0 Å². The summed E-state index contributed by atoms with van der Waals surface area (Å²) < 4.78 is 1.64. The van der Waals surface area contributed by atoms with E-state index < -0.39 is 5.97 Å². The molecular weight excluding hydrogens is 395 g/mol. The third kappa shape index (κ3) is 3.40. The SMILES string of the molecule is O=C(O)c1c(-c2cc(Cl)cc(Cl)c2)nn(-c2ccccc2)c1-c1ccccc1. The molecule has 4 nitrogen and oxygen atoms in total. The van der Waals surface area contributed by atoms with Crippen LogP contribution in [0, 0.1) is 0 Å². The van der Waals surface area contributed by atoms with Gasteiger partial charge in [0.15, 0.2) is 0 Å². The number of nitrogens with zero attached hydrogens (tertiary/aromatic N) is 2. The number of rotatable bonds is 4. The second-order valence-electron chi connectivity index (χ2n) is 6.15. The summed E-state index contributed by atoms with van der Waals surface area (Å²) in [6.45, 7) is 0. The highest BCUT2D eigenvalue weighted by Crippen LogP contribution is 2.36. The van der Waals surface area contributed by atoms with Gasteiger partial charge in [0, 0.05) is 21.2 Å². The van der Waals surface area contributed by atoms with E-state index in [1.807, 2.05) is 60.7 Å². The quantitative estimate of drug-likeness (QED) is 0.436. The number of hydrogen-bond donors (Lipinski definition) is 1. The summed E-state index contributed by atoms with van der Waals surface area (Å²) in [5.74, 6) is -1.08. The molecule has 0 aliphatic carbocycles. The summed E-state index contributed by atoms with van der Waals surface area (Å²) in [4.78, 5) is 12.3. The van der Waals surface area contributed by atoms with E-state index in [9.17, 15) is 9.90 Å². The zero-order chi connectivity index (χ0) is 19.7. The Balaban J connectivity index is 2.08. The summed E-state index contributed by atoms with van der Waals surface area (Å²) in [7, 11) is 0. The first-order valence-corrected chi connectivity index (χ1v) is 9.24. The van der Waals surface area contributed by atoms with Crippen molar-refractivity contribution in [2.75, 3.05) is 0 Å². The van der Waals surface area contributed by atoms with E-state index in [1.165, 1.54) is 0 Å². The van der Waals surface area contributed by atoms with Gasteiger partial charge >= 0.3 is 5.97 Å². The van der Waals surface area contributed by atoms with Gasteiger partial charge in [-0.1, -0.05) is 71.7 Å². The topological polar surface area (TPSA) is 55.1 Å². The Bertz CT molecular complexity index is 1140. The average molecular weight is 409 g/mol. The highest BCUT2D eigenvalue weighted by molar-refractivity contribution is 6.35. The number of benzene rings is 3. The van der Waals surface area contributed by atoms with Gasteiger partial charge in [-0.15, -0.1) is 0 Å². The Morgan fingerprint density at radius 3 is 1.96 bits per heavy atom. The predicted octanol–water partition coefficient (Wildman–Crippen LogP) is 6.21. The lowest BCUT2D eigenvalue weighted by Crippen LogP contribution is -2.03. The highest BCUT2D eigenvalue weighted by Gasteiger charge is 2.26. The lowest BCUT2D eigenvalue weighted by Gasteiger charge is -2.08. The lowest BCUT2D eigenvalue weighted by atomic mass is 10.0.